The van der Waals surface area contributed by atoms with Crippen molar-refractivity contribution < 1.29 is 27.1 Å². The van der Waals surface area contributed by atoms with Crippen LogP contribution < -0.4 is 19.8 Å². The number of piperidine rings is 2. The maximum Gasteiger partial charge on any atom is 0.259 e. The molecule has 4 aliphatic rings. The van der Waals surface area contributed by atoms with Crippen LogP contribution in [0.1, 0.15) is 73.2 Å². The number of nitrogens with one attached hydrogen (secondary N) is 2. The first-order valence-corrected chi connectivity index (χ1v) is 16.2. The van der Waals surface area contributed by atoms with E-state index in [9.17, 15) is 22.0 Å². The van der Waals surface area contributed by atoms with Gasteiger partial charge in [-0.15, -0.1) is 0 Å². The second-order valence-corrected chi connectivity index (χ2v) is 13.9. The number of nitrogens with zero attached hydrogens (tertiary/aromatic N) is 3. The number of carbonyl (C=O) groups is 1. The SMILES string of the molecule is O=C(Nc1cc(C2CC2)cc(N2CCC(F)(F)CC2)c1)c1ccc(NS(=O)(=O)CCO)nc1N1CCC2(CC1)CC2. The Labute approximate surface area is 239 Å². The lowest BCUT2D eigenvalue weighted by Crippen LogP contribution is -2.39. The number of sulfonamides is 1. The predicted molar refractivity (Wildman–Crippen MR) is 155 cm³/mol. The van der Waals surface area contributed by atoms with Crippen LogP contribution in [0.4, 0.5) is 31.8 Å². The van der Waals surface area contributed by atoms with E-state index in [0.29, 0.717) is 28.4 Å². The van der Waals surface area contributed by atoms with Gasteiger partial charge in [0, 0.05) is 50.4 Å². The van der Waals surface area contributed by atoms with Crippen LogP contribution in [0.3, 0.4) is 0 Å². The maximum absolute atomic E-state index is 13.8. The molecule has 9 nitrogen and oxygen atoms in total. The van der Waals surface area contributed by atoms with E-state index in [2.05, 4.69) is 21.1 Å². The van der Waals surface area contributed by atoms with Gasteiger partial charge >= 0.3 is 0 Å². The van der Waals surface area contributed by atoms with Crippen molar-refractivity contribution >= 4 is 38.9 Å². The van der Waals surface area contributed by atoms with E-state index >= 15 is 0 Å². The van der Waals surface area contributed by atoms with E-state index in [4.69, 9.17) is 5.11 Å². The number of carbonyl (C=O) groups excluding carboxylic acids is 1. The molecule has 2 aromatic rings. The van der Waals surface area contributed by atoms with Crippen LogP contribution in [0.5, 0.6) is 0 Å². The first-order chi connectivity index (χ1) is 19.5. The largest absolute Gasteiger partial charge is 0.395 e. The highest BCUT2D eigenvalue weighted by Crippen LogP contribution is 2.54. The maximum atomic E-state index is 13.8. The van der Waals surface area contributed by atoms with Gasteiger partial charge in [-0.2, -0.15) is 0 Å². The Hall–Kier alpha value is -2.99. The Morgan fingerprint density at radius 2 is 1.66 bits per heavy atom. The molecule has 0 unspecified atom stereocenters. The molecule has 3 heterocycles. The highest BCUT2D eigenvalue weighted by molar-refractivity contribution is 7.92. The Morgan fingerprint density at radius 3 is 2.29 bits per heavy atom. The number of aromatic nitrogens is 1. The number of halogens is 2. The van der Waals surface area contributed by atoms with Crippen LogP contribution in [0.25, 0.3) is 0 Å². The first kappa shape index (κ1) is 28.1. The quantitative estimate of drug-likeness (QED) is 0.393. The fourth-order valence-corrected chi connectivity index (χ4v) is 6.73. The number of aliphatic hydroxyl groups excluding tert-OH is 1. The van der Waals surface area contributed by atoms with E-state index in [1.807, 2.05) is 21.9 Å². The third-order valence-electron chi connectivity index (χ3n) is 8.93. The second-order valence-electron chi connectivity index (χ2n) is 12.1. The molecule has 3 N–H and O–H groups in total. The standard InChI is InChI=1S/C29H37F2N5O4S/c30-29(31)9-13-35(14-10-29)23-18-21(20-1-2-20)17-22(19-23)32-27(38)24-3-4-25(34-41(39,40)16-15-37)33-26(24)36-11-7-28(5-6-28)8-12-36/h3-4,17-20,37H,1-2,5-16H2,(H,32,38)(H,33,34). The van der Waals surface area contributed by atoms with Gasteiger partial charge in [0.15, 0.2) is 0 Å². The zero-order valence-electron chi connectivity index (χ0n) is 23.0. The fraction of sp³-hybridized carbons (Fsp3) is 0.586. The number of alkyl halides is 2. The molecule has 1 aromatic carbocycles. The summed E-state index contributed by atoms with van der Waals surface area (Å²) in [5.74, 6) is -2.55. The minimum absolute atomic E-state index is 0.0941. The number of hydrogen-bond donors (Lipinski definition) is 3. The van der Waals surface area contributed by atoms with Crippen molar-refractivity contribution in [1.82, 2.24) is 4.98 Å². The zero-order chi connectivity index (χ0) is 28.8. The molecular weight excluding hydrogens is 552 g/mol. The first-order valence-electron chi connectivity index (χ1n) is 14.5. The van der Waals surface area contributed by atoms with Crippen LogP contribution in [-0.4, -0.2) is 68.9 Å². The third kappa shape index (κ3) is 6.58. The summed E-state index contributed by atoms with van der Waals surface area (Å²) in [7, 11) is -3.79. The summed E-state index contributed by atoms with van der Waals surface area (Å²) in [4.78, 5) is 22.3. The molecule has 1 amide bonds. The molecule has 2 aliphatic carbocycles. The van der Waals surface area contributed by atoms with E-state index in [1.54, 1.807) is 6.07 Å². The van der Waals surface area contributed by atoms with Crippen LogP contribution in [0, 0.1) is 5.41 Å². The van der Waals surface area contributed by atoms with E-state index in [1.165, 1.54) is 18.9 Å². The molecule has 12 heteroatoms. The lowest BCUT2D eigenvalue weighted by Gasteiger charge is -2.34. The van der Waals surface area contributed by atoms with Crippen LogP contribution >= 0.6 is 0 Å². The van der Waals surface area contributed by atoms with Crippen molar-refractivity contribution in [3.8, 4) is 0 Å². The molecule has 2 saturated heterocycles. The van der Waals surface area contributed by atoms with Gasteiger partial charge in [-0.25, -0.2) is 22.2 Å². The number of pyridine rings is 1. The summed E-state index contributed by atoms with van der Waals surface area (Å²) in [5.41, 5.74) is 3.25. The van der Waals surface area contributed by atoms with E-state index in [0.717, 1.165) is 50.0 Å². The molecule has 6 rings (SSSR count). The second kappa shape index (κ2) is 10.7. The Bertz CT molecular complexity index is 1410. The third-order valence-corrected chi connectivity index (χ3v) is 10.2. The minimum Gasteiger partial charge on any atom is -0.395 e. The Balaban J connectivity index is 1.27. The summed E-state index contributed by atoms with van der Waals surface area (Å²) < 4.78 is 54.6. The van der Waals surface area contributed by atoms with E-state index < -0.39 is 28.3 Å². The molecule has 222 valence electrons. The van der Waals surface area contributed by atoms with Gasteiger partial charge in [0.05, 0.1) is 17.9 Å². The number of benzene rings is 1. The number of amides is 1. The molecule has 2 saturated carbocycles. The molecule has 1 aromatic heterocycles. The highest BCUT2D eigenvalue weighted by Gasteiger charge is 2.45. The Morgan fingerprint density at radius 1 is 0.976 bits per heavy atom. The zero-order valence-corrected chi connectivity index (χ0v) is 23.9. The van der Waals surface area contributed by atoms with Gasteiger partial charge in [-0.05, 0) is 85.8 Å². The van der Waals surface area contributed by atoms with E-state index in [-0.39, 0.29) is 37.7 Å². The molecular formula is C29H37F2N5O4S. The lowest BCUT2D eigenvalue weighted by atomic mass is 9.93. The van der Waals surface area contributed by atoms with Crippen molar-refractivity contribution in [3.05, 3.63) is 41.5 Å². The van der Waals surface area contributed by atoms with Crippen molar-refractivity contribution in [2.24, 2.45) is 5.41 Å². The van der Waals surface area contributed by atoms with Crippen LogP contribution in [0.2, 0.25) is 0 Å². The predicted octanol–water partition coefficient (Wildman–Crippen LogP) is 4.56. The summed E-state index contributed by atoms with van der Waals surface area (Å²) in [6.45, 7) is 1.44. The number of rotatable bonds is 9. The van der Waals surface area contributed by atoms with Crippen molar-refractivity contribution in [3.63, 3.8) is 0 Å². The number of anilines is 4. The van der Waals surface area contributed by atoms with Gasteiger partial charge in [0.2, 0.25) is 10.0 Å². The van der Waals surface area contributed by atoms with Gasteiger partial charge in [0.25, 0.3) is 11.8 Å². The van der Waals surface area contributed by atoms with Gasteiger partial charge in [-0.1, -0.05) is 0 Å². The van der Waals surface area contributed by atoms with Crippen LogP contribution in [-0.2, 0) is 10.0 Å². The molecule has 4 fully saturated rings. The molecule has 0 atom stereocenters. The summed E-state index contributed by atoms with van der Waals surface area (Å²) in [6.07, 6.45) is 6.18. The number of hydrogen-bond acceptors (Lipinski definition) is 7. The summed E-state index contributed by atoms with van der Waals surface area (Å²) in [6, 6.07) is 8.89. The Kier molecular flexibility index (Phi) is 7.34. The summed E-state index contributed by atoms with van der Waals surface area (Å²) >= 11 is 0. The van der Waals surface area contributed by atoms with Crippen molar-refractivity contribution in [2.45, 2.75) is 63.2 Å². The van der Waals surface area contributed by atoms with Gasteiger partial charge in [-0.3, -0.25) is 9.52 Å². The average Bonchev–Trinajstić information content (AvgIpc) is 3.86. The molecule has 2 aliphatic heterocycles. The van der Waals surface area contributed by atoms with Gasteiger partial charge in [0.1, 0.15) is 11.6 Å². The fourth-order valence-electron chi connectivity index (χ4n) is 5.96. The van der Waals surface area contributed by atoms with Gasteiger partial charge < -0.3 is 20.2 Å². The molecule has 0 bridgehead atoms. The summed E-state index contributed by atoms with van der Waals surface area (Å²) in [5, 5.41) is 12.1. The van der Waals surface area contributed by atoms with Crippen LogP contribution in [0.15, 0.2) is 30.3 Å². The lowest BCUT2D eigenvalue weighted by molar-refractivity contribution is -0.0220. The monoisotopic (exact) mass is 589 g/mol. The minimum atomic E-state index is -3.79. The van der Waals surface area contributed by atoms with Crippen molar-refractivity contribution in [1.29, 1.82) is 0 Å². The molecule has 0 radical (unpaired) electrons. The van der Waals surface area contributed by atoms with Crippen molar-refractivity contribution in [2.75, 3.05) is 58.4 Å². The molecule has 41 heavy (non-hydrogen) atoms. The highest BCUT2D eigenvalue weighted by atomic mass is 32.2. The smallest absolute Gasteiger partial charge is 0.259 e. The molecule has 1 spiro atoms. The normalized spacial score (nSPS) is 21.5. The average molecular weight is 590 g/mol. The topological polar surface area (TPSA) is 115 Å². The number of aliphatic hydroxyl groups is 1.